The van der Waals surface area contributed by atoms with Gasteiger partial charge in [0.15, 0.2) is 17.4 Å². The Morgan fingerprint density at radius 1 is 1.12 bits per heavy atom. The first-order valence-corrected chi connectivity index (χ1v) is 10.5. The molecule has 0 bridgehead atoms. The summed E-state index contributed by atoms with van der Waals surface area (Å²) < 4.78 is 82.0. The first-order valence-electron chi connectivity index (χ1n) is 10.5. The van der Waals surface area contributed by atoms with Crippen molar-refractivity contribution in [2.24, 2.45) is 5.92 Å². The van der Waals surface area contributed by atoms with Crippen molar-refractivity contribution in [3.63, 3.8) is 0 Å². The van der Waals surface area contributed by atoms with Crippen molar-refractivity contribution >= 4 is 5.97 Å². The van der Waals surface area contributed by atoms with Crippen LogP contribution in [0.2, 0.25) is 0 Å². The average Bonchev–Trinajstić information content (AvgIpc) is 2.76. The summed E-state index contributed by atoms with van der Waals surface area (Å²) in [5.41, 5.74) is 0.175. The number of carbonyl (C=O) groups is 1. The van der Waals surface area contributed by atoms with Gasteiger partial charge in [0.1, 0.15) is 11.6 Å². The van der Waals surface area contributed by atoms with E-state index >= 15 is 0 Å². The Bertz CT molecular complexity index is 977. The van der Waals surface area contributed by atoms with Crippen molar-refractivity contribution in [1.82, 2.24) is 0 Å². The van der Waals surface area contributed by atoms with Crippen LogP contribution in [0.4, 0.5) is 22.0 Å². The number of allylic oxidation sites excluding steroid dienone is 1. The van der Waals surface area contributed by atoms with E-state index in [2.05, 4.69) is 11.7 Å². The van der Waals surface area contributed by atoms with E-state index in [-0.39, 0.29) is 6.10 Å². The van der Waals surface area contributed by atoms with Crippen LogP contribution >= 0.6 is 0 Å². The van der Waals surface area contributed by atoms with Gasteiger partial charge in [0.05, 0.1) is 24.5 Å². The second kappa shape index (κ2) is 11.3. The molecule has 0 saturated carbocycles. The van der Waals surface area contributed by atoms with E-state index < -0.39 is 46.9 Å². The second-order valence-corrected chi connectivity index (χ2v) is 7.68. The number of carbonyl (C=O) groups excluding carboxylic acids is 1. The van der Waals surface area contributed by atoms with Crippen LogP contribution in [-0.4, -0.2) is 19.0 Å². The van der Waals surface area contributed by atoms with Crippen LogP contribution in [0, 0.1) is 23.4 Å². The Labute approximate surface area is 188 Å². The minimum absolute atomic E-state index is 0.271. The summed E-state index contributed by atoms with van der Waals surface area (Å²) in [6.07, 6.45) is 1.46. The molecule has 0 aliphatic carbocycles. The lowest BCUT2D eigenvalue weighted by atomic mass is 9.91. The highest BCUT2D eigenvalue weighted by Crippen LogP contribution is 2.33. The highest BCUT2D eigenvalue weighted by molar-refractivity contribution is 5.91. The zero-order valence-corrected chi connectivity index (χ0v) is 17.8. The Kier molecular flexibility index (Phi) is 8.43. The van der Waals surface area contributed by atoms with Gasteiger partial charge in [0, 0.05) is 18.2 Å². The van der Waals surface area contributed by atoms with Crippen LogP contribution in [0.15, 0.2) is 42.7 Å². The van der Waals surface area contributed by atoms with Crippen LogP contribution in [0.3, 0.4) is 0 Å². The molecule has 2 unspecified atom stereocenters. The number of benzene rings is 2. The number of hydrogen-bond acceptors (Lipinski definition) is 4. The van der Waals surface area contributed by atoms with Crippen molar-refractivity contribution in [2.75, 3.05) is 6.61 Å². The molecule has 0 radical (unpaired) electrons. The molecule has 1 aliphatic heterocycles. The Hall–Kier alpha value is -2.94. The van der Waals surface area contributed by atoms with E-state index in [1.165, 1.54) is 12.1 Å². The fourth-order valence-electron chi connectivity index (χ4n) is 3.64. The number of rotatable bonds is 8. The molecule has 2 atom stereocenters. The lowest BCUT2D eigenvalue weighted by molar-refractivity contribution is -0.0196. The van der Waals surface area contributed by atoms with Gasteiger partial charge in [-0.25, -0.2) is 26.7 Å². The van der Waals surface area contributed by atoms with E-state index in [0.29, 0.717) is 42.6 Å². The first-order chi connectivity index (χ1) is 15.8. The molecule has 0 N–H and O–H groups in total. The molecule has 4 nitrogen and oxygen atoms in total. The fraction of sp³-hybridized carbons (Fsp3) is 0.375. The maximum atomic E-state index is 14.6. The molecule has 0 spiro atoms. The van der Waals surface area contributed by atoms with E-state index in [9.17, 15) is 26.7 Å². The Morgan fingerprint density at radius 2 is 1.85 bits per heavy atom. The smallest absolute Gasteiger partial charge is 0.346 e. The monoisotopic (exact) mass is 470 g/mol. The van der Waals surface area contributed by atoms with Crippen molar-refractivity contribution in [2.45, 2.75) is 45.1 Å². The highest BCUT2D eigenvalue weighted by Gasteiger charge is 2.24. The van der Waals surface area contributed by atoms with Gasteiger partial charge in [-0.1, -0.05) is 19.4 Å². The standard InChI is InChI=1S/C24H23F5O4/c1-2-3-14-4-7-21(32-13-14)15-5-6-17(18(25)10-15)24(30)33-16-11-19(26)23(20(27)12-16)31-9-8-22(28)29/h5-6,8-12,14,21-22H,2-4,7,13H2,1H3. The van der Waals surface area contributed by atoms with Gasteiger partial charge < -0.3 is 14.2 Å². The summed E-state index contributed by atoms with van der Waals surface area (Å²) in [4.78, 5) is 12.3. The summed E-state index contributed by atoms with van der Waals surface area (Å²) in [6.45, 7) is 2.71. The summed E-state index contributed by atoms with van der Waals surface area (Å²) in [5, 5.41) is 0. The third-order valence-electron chi connectivity index (χ3n) is 5.24. The van der Waals surface area contributed by atoms with Gasteiger partial charge in [-0.15, -0.1) is 0 Å². The van der Waals surface area contributed by atoms with Gasteiger partial charge in [-0.2, -0.15) is 0 Å². The molecule has 1 heterocycles. The van der Waals surface area contributed by atoms with E-state index in [1.807, 2.05) is 0 Å². The van der Waals surface area contributed by atoms with Crippen LogP contribution in [0.5, 0.6) is 11.5 Å². The molecule has 1 fully saturated rings. The average molecular weight is 470 g/mol. The predicted octanol–water partition coefficient (Wildman–Crippen LogP) is 6.75. The molecule has 9 heteroatoms. The van der Waals surface area contributed by atoms with Crippen molar-refractivity contribution in [3.8, 4) is 11.5 Å². The quantitative estimate of drug-likeness (QED) is 0.185. The Balaban J connectivity index is 1.67. The first kappa shape index (κ1) is 24.7. The molecule has 0 aromatic heterocycles. The minimum atomic E-state index is -2.86. The zero-order chi connectivity index (χ0) is 24.0. The minimum Gasteiger partial charge on any atom is -0.459 e. The van der Waals surface area contributed by atoms with Gasteiger partial charge in [-0.05, 0) is 42.9 Å². The number of halogens is 5. The van der Waals surface area contributed by atoms with E-state index in [0.717, 1.165) is 25.7 Å². The normalized spacial score (nSPS) is 18.6. The molecule has 33 heavy (non-hydrogen) atoms. The second-order valence-electron chi connectivity index (χ2n) is 7.68. The zero-order valence-electron chi connectivity index (χ0n) is 17.8. The molecule has 2 aromatic carbocycles. The van der Waals surface area contributed by atoms with Crippen molar-refractivity contribution < 1.29 is 41.0 Å². The number of hydrogen-bond donors (Lipinski definition) is 0. The van der Waals surface area contributed by atoms with Gasteiger partial charge in [0.2, 0.25) is 0 Å². The number of alkyl halides is 2. The van der Waals surface area contributed by atoms with Crippen LogP contribution in [0.25, 0.3) is 0 Å². The van der Waals surface area contributed by atoms with E-state index in [1.54, 1.807) is 6.07 Å². The molecular weight excluding hydrogens is 447 g/mol. The third-order valence-corrected chi connectivity index (χ3v) is 5.24. The third kappa shape index (κ3) is 6.54. The van der Waals surface area contributed by atoms with Gasteiger partial charge in [-0.3, -0.25) is 0 Å². The summed E-state index contributed by atoms with van der Waals surface area (Å²) in [7, 11) is 0. The Morgan fingerprint density at radius 3 is 2.42 bits per heavy atom. The van der Waals surface area contributed by atoms with Gasteiger partial charge >= 0.3 is 5.97 Å². The van der Waals surface area contributed by atoms with Gasteiger partial charge in [0.25, 0.3) is 6.43 Å². The highest BCUT2D eigenvalue weighted by atomic mass is 19.3. The van der Waals surface area contributed by atoms with E-state index in [4.69, 9.17) is 9.47 Å². The summed E-state index contributed by atoms with van der Waals surface area (Å²) in [6, 6.07) is 5.23. The topological polar surface area (TPSA) is 44.8 Å². The molecular formula is C24H23F5O4. The SMILES string of the molecule is CCCC1CCC(c2ccc(C(=O)Oc3cc(F)c(OC=CC(F)F)c(F)c3)c(F)c2)OC1. The molecule has 2 aromatic rings. The molecule has 178 valence electrons. The van der Waals surface area contributed by atoms with Crippen LogP contribution < -0.4 is 9.47 Å². The van der Waals surface area contributed by atoms with Crippen LogP contribution in [-0.2, 0) is 4.74 Å². The lowest BCUT2D eigenvalue weighted by Gasteiger charge is -2.29. The van der Waals surface area contributed by atoms with Crippen molar-refractivity contribution in [3.05, 3.63) is 71.2 Å². The maximum Gasteiger partial charge on any atom is 0.346 e. The van der Waals surface area contributed by atoms with Crippen molar-refractivity contribution in [1.29, 1.82) is 0 Å². The van der Waals surface area contributed by atoms with Crippen LogP contribution in [0.1, 0.15) is 54.6 Å². The molecule has 0 amide bonds. The molecule has 1 aliphatic rings. The number of esters is 1. The lowest BCUT2D eigenvalue weighted by Crippen LogP contribution is -2.21. The summed E-state index contributed by atoms with van der Waals surface area (Å²) >= 11 is 0. The number of ether oxygens (including phenoxy) is 3. The fourth-order valence-corrected chi connectivity index (χ4v) is 3.64. The maximum absolute atomic E-state index is 14.6. The molecule has 3 rings (SSSR count). The summed E-state index contributed by atoms with van der Waals surface area (Å²) in [5.74, 6) is -5.58. The largest absolute Gasteiger partial charge is 0.459 e. The predicted molar refractivity (Wildman–Crippen MR) is 110 cm³/mol. The molecule has 1 saturated heterocycles.